The fraction of sp³-hybridized carbons (Fsp3) is 0.519. The molecule has 0 amide bonds. The average molecular weight is 529 g/mol. The molecule has 9 heteroatoms. The molecule has 1 fully saturated rings. The first kappa shape index (κ1) is 26.8. The van der Waals surface area contributed by atoms with Crippen molar-refractivity contribution in [1.29, 1.82) is 0 Å². The lowest BCUT2D eigenvalue weighted by molar-refractivity contribution is 0.133. The summed E-state index contributed by atoms with van der Waals surface area (Å²) in [5, 5.41) is 14.5. The van der Waals surface area contributed by atoms with Crippen molar-refractivity contribution in [2.45, 2.75) is 83.3 Å². The largest absolute Gasteiger partial charge is 0.414 e. The van der Waals surface area contributed by atoms with Crippen LogP contribution in [0.1, 0.15) is 46.5 Å². The first-order valence-corrected chi connectivity index (χ1v) is 16.0. The third-order valence-corrected chi connectivity index (χ3v) is 12.5. The van der Waals surface area contributed by atoms with Gasteiger partial charge in [0.25, 0.3) is 5.56 Å². The van der Waals surface area contributed by atoms with Gasteiger partial charge in [0.15, 0.2) is 8.32 Å². The maximum absolute atomic E-state index is 13.3. The summed E-state index contributed by atoms with van der Waals surface area (Å²) in [6.07, 6.45) is 6.01. The van der Waals surface area contributed by atoms with Crippen molar-refractivity contribution < 1.29 is 9.53 Å². The van der Waals surface area contributed by atoms with E-state index in [2.05, 4.69) is 49.1 Å². The van der Waals surface area contributed by atoms with Crippen molar-refractivity contribution in [3.05, 3.63) is 51.9 Å². The van der Waals surface area contributed by atoms with Gasteiger partial charge in [0.2, 0.25) is 5.95 Å². The van der Waals surface area contributed by atoms with Gasteiger partial charge in [-0.25, -0.2) is 4.98 Å². The summed E-state index contributed by atoms with van der Waals surface area (Å²) in [6.45, 7) is 11.4. The Balaban J connectivity index is 1.54. The maximum Gasteiger partial charge on any atom is 0.260 e. The number of nitrogens with zero attached hydrogens (tertiary/aromatic N) is 3. The van der Waals surface area contributed by atoms with Crippen LogP contribution in [0.25, 0.3) is 22.2 Å². The molecule has 2 heterocycles. The van der Waals surface area contributed by atoms with Crippen LogP contribution in [0.2, 0.25) is 23.2 Å². The van der Waals surface area contributed by atoms with E-state index < -0.39 is 8.32 Å². The highest BCUT2D eigenvalue weighted by Crippen LogP contribution is 2.39. The number of benzene rings is 1. The van der Waals surface area contributed by atoms with Gasteiger partial charge >= 0.3 is 0 Å². The quantitative estimate of drug-likeness (QED) is 0.374. The Bertz CT molecular complexity index is 1280. The van der Waals surface area contributed by atoms with Crippen LogP contribution in [-0.4, -0.2) is 46.7 Å². The molecule has 1 aliphatic carbocycles. The second kappa shape index (κ2) is 10.6. The van der Waals surface area contributed by atoms with Crippen molar-refractivity contribution >= 4 is 36.9 Å². The lowest BCUT2D eigenvalue weighted by Crippen LogP contribution is -2.45. The fourth-order valence-electron chi connectivity index (χ4n) is 4.51. The lowest BCUT2D eigenvalue weighted by Gasteiger charge is -2.41. The molecule has 0 radical (unpaired) electrons. The van der Waals surface area contributed by atoms with Gasteiger partial charge in [-0.2, -0.15) is 4.98 Å². The van der Waals surface area contributed by atoms with Crippen LogP contribution >= 0.6 is 11.6 Å². The molecule has 4 rings (SSSR count). The Labute approximate surface area is 219 Å². The summed E-state index contributed by atoms with van der Waals surface area (Å²) in [7, 11) is -1.78. The number of hydrogen-bond donors (Lipinski definition) is 2. The summed E-state index contributed by atoms with van der Waals surface area (Å²) in [5.41, 5.74) is 1.37. The molecule has 2 aromatic heterocycles. The first-order valence-electron chi connectivity index (χ1n) is 12.7. The number of hydrogen-bond acceptors (Lipinski definition) is 6. The van der Waals surface area contributed by atoms with E-state index in [1.165, 1.54) is 4.57 Å². The van der Waals surface area contributed by atoms with Crippen LogP contribution in [0.5, 0.6) is 0 Å². The van der Waals surface area contributed by atoms with Gasteiger partial charge in [0.1, 0.15) is 5.65 Å². The Morgan fingerprint density at radius 1 is 1.17 bits per heavy atom. The van der Waals surface area contributed by atoms with Gasteiger partial charge < -0.3 is 14.8 Å². The van der Waals surface area contributed by atoms with Crippen LogP contribution in [-0.2, 0) is 11.0 Å². The van der Waals surface area contributed by atoms with Crippen LogP contribution < -0.4 is 10.9 Å². The monoisotopic (exact) mass is 528 g/mol. The lowest BCUT2D eigenvalue weighted by atomic mass is 9.93. The number of rotatable bonds is 7. The maximum atomic E-state index is 13.3. The summed E-state index contributed by atoms with van der Waals surface area (Å²) < 4.78 is 8.12. The number of fused-ring (bicyclic) bond motifs is 1. The van der Waals surface area contributed by atoms with E-state index in [4.69, 9.17) is 16.0 Å². The third kappa shape index (κ3) is 5.67. The number of aliphatic hydroxyl groups is 1. The second-order valence-corrected chi connectivity index (χ2v) is 16.4. The Hall–Kier alpha value is -2.26. The highest BCUT2D eigenvalue weighted by molar-refractivity contribution is 6.74. The molecule has 7 nitrogen and oxygen atoms in total. The molecule has 3 aromatic rings. The van der Waals surface area contributed by atoms with Crippen molar-refractivity contribution in [2.24, 2.45) is 0 Å². The number of anilines is 1. The second-order valence-electron chi connectivity index (χ2n) is 11.2. The molecule has 36 heavy (non-hydrogen) atoms. The molecule has 194 valence electrons. The van der Waals surface area contributed by atoms with Crippen LogP contribution in [0.15, 0.2) is 41.3 Å². The summed E-state index contributed by atoms with van der Waals surface area (Å²) >= 11 is 6.37. The molecule has 0 unspecified atom stereocenters. The highest BCUT2D eigenvalue weighted by Gasteiger charge is 2.39. The van der Waals surface area contributed by atoms with Gasteiger partial charge in [-0.15, -0.1) is 0 Å². The number of aliphatic hydroxyl groups excluding tert-OH is 1. The van der Waals surface area contributed by atoms with Gasteiger partial charge in [-0.3, -0.25) is 9.36 Å². The number of halogens is 1. The summed E-state index contributed by atoms with van der Waals surface area (Å²) in [4.78, 5) is 22.6. The smallest absolute Gasteiger partial charge is 0.260 e. The third-order valence-electron chi connectivity index (χ3n) is 7.59. The molecule has 0 bridgehead atoms. The summed E-state index contributed by atoms with van der Waals surface area (Å²) in [6, 6.07) is 9.27. The van der Waals surface area contributed by atoms with E-state index in [0.29, 0.717) is 33.8 Å². The highest BCUT2D eigenvalue weighted by atomic mass is 35.5. The number of pyridine rings is 1. The van der Waals surface area contributed by atoms with Crippen LogP contribution in [0.3, 0.4) is 0 Å². The van der Waals surface area contributed by atoms with E-state index in [0.717, 1.165) is 31.1 Å². The van der Waals surface area contributed by atoms with Gasteiger partial charge in [0, 0.05) is 39.9 Å². The van der Waals surface area contributed by atoms with Crippen molar-refractivity contribution in [3.8, 4) is 11.1 Å². The molecule has 0 atom stereocenters. The van der Waals surface area contributed by atoms with E-state index in [1.807, 2.05) is 18.2 Å². The zero-order valence-corrected chi connectivity index (χ0v) is 23.6. The fourth-order valence-corrected chi connectivity index (χ4v) is 6.17. The van der Waals surface area contributed by atoms with E-state index >= 15 is 0 Å². The van der Waals surface area contributed by atoms with E-state index in [1.54, 1.807) is 18.3 Å². The first-order chi connectivity index (χ1) is 17.0. The number of nitrogens with one attached hydrogen (secondary N) is 1. The molecule has 0 spiro atoms. The van der Waals surface area contributed by atoms with Crippen LogP contribution in [0, 0.1) is 0 Å². The molecule has 1 saturated carbocycles. The zero-order valence-electron chi connectivity index (χ0n) is 21.8. The standard InChI is InChI=1S/C27H37ClN4O3Si/c1-27(2,3)36(4,5)35-20-12-10-19(11-13-20)30-26-29-17-18-16-22(21-8-6-7-9-23(21)28)25(34)32(14-15-33)24(18)31-26/h6-9,16-17,19-20,33H,10-15H2,1-5H3,(H,29,30,31). The Morgan fingerprint density at radius 2 is 1.86 bits per heavy atom. The summed E-state index contributed by atoms with van der Waals surface area (Å²) in [5.74, 6) is 0.493. The molecule has 1 aliphatic rings. The minimum absolute atomic E-state index is 0.139. The van der Waals surface area contributed by atoms with Gasteiger partial charge in [-0.1, -0.05) is 50.6 Å². The molecule has 1 aromatic carbocycles. The number of aromatic nitrogens is 3. The minimum atomic E-state index is -1.78. The molecule has 2 N–H and O–H groups in total. The SMILES string of the molecule is CC(C)(C)[Si](C)(C)OC1CCC(Nc2ncc3cc(-c4ccccc4Cl)c(=O)n(CCO)c3n2)CC1. The van der Waals surface area contributed by atoms with E-state index in [9.17, 15) is 9.90 Å². The van der Waals surface area contributed by atoms with Crippen molar-refractivity contribution in [1.82, 2.24) is 14.5 Å². The molecular formula is C27H37ClN4O3Si. The van der Waals surface area contributed by atoms with Gasteiger partial charge in [0.05, 0.1) is 13.2 Å². The Kier molecular flexibility index (Phi) is 7.90. The van der Waals surface area contributed by atoms with E-state index in [-0.39, 0.29) is 29.8 Å². The van der Waals surface area contributed by atoms with Crippen molar-refractivity contribution in [3.63, 3.8) is 0 Å². The zero-order chi connectivity index (χ0) is 26.1. The van der Waals surface area contributed by atoms with Crippen LogP contribution in [0.4, 0.5) is 5.95 Å². The predicted molar refractivity (Wildman–Crippen MR) is 149 cm³/mol. The molecular weight excluding hydrogens is 492 g/mol. The Morgan fingerprint density at radius 3 is 2.50 bits per heavy atom. The molecule has 0 aliphatic heterocycles. The molecule has 0 saturated heterocycles. The normalized spacial score (nSPS) is 19.0. The predicted octanol–water partition coefficient (Wildman–Crippen LogP) is 5.85. The average Bonchev–Trinajstić information content (AvgIpc) is 2.82. The topological polar surface area (TPSA) is 89.3 Å². The van der Waals surface area contributed by atoms with Crippen molar-refractivity contribution in [2.75, 3.05) is 11.9 Å². The minimum Gasteiger partial charge on any atom is -0.414 e. The van der Waals surface area contributed by atoms with Gasteiger partial charge in [-0.05, 0) is 55.9 Å².